The van der Waals surface area contributed by atoms with E-state index >= 15 is 0 Å². The van der Waals surface area contributed by atoms with E-state index in [2.05, 4.69) is 43.1 Å². The second kappa shape index (κ2) is 20.0. The van der Waals surface area contributed by atoms with E-state index in [1.807, 2.05) is 36.5 Å². The van der Waals surface area contributed by atoms with Crippen molar-refractivity contribution in [1.29, 1.82) is 0 Å². The van der Waals surface area contributed by atoms with Gasteiger partial charge in [0.2, 0.25) is 0 Å². The van der Waals surface area contributed by atoms with E-state index < -0.39 is 0 Å². The van der Waals surface area contributed by atoms with Gasteiger partial charge in [0, 0.05) is 6.21 Å². The molecule has 35 heavy (non-hydrogen) atoms. The second-order valence-electron chi connectivity index (χ2n) is 9.96. The third-order valence-corrected chi connectivity index (χ3v) is 6.66. The van der Waals surface area contributed by atoms with Gasteiger partial charge in [-0.05, 0) is 55.5 Å². The zero-order valence-corrected chi connectivity index (χ0v) is 22.7. The molecule has 0 amide bonds. The summed E-state index contributed by atoms with van der Waals surface area (Å²) in [6, 6.07) is 18.9. The molecular formula is C33H50N2. The van der Waals surface area contributed by atoms with Gasteiger partial charge in [-0.25, -0.2) is 0 Å². The van der Waals surface area contributed by atoms with Crippen LogP contribution >= 0.6 is 0 Å². The Morgan fingerprint density at radius 1 is 0.600 bits per heavy atom. The normalized spacial score (nSPS) is 12.0. The fourth-order valence-electron chi connectivity index (χ4n) is 4.46. The van der Waals surface area contributed by atoms with Gasteiger partial charge >= 0.3 is 0 Å². The molecule has 0 heterocycles. The molecule has 0 spiro atoms. The zero-order valence-electron chi connectivity index (χ0n) is 22.7. The molecule has 2 aromatic carbocycles. The predicted octanol–water partition coefficient (Wildman–Crippen LogP) is 11.0. The van der Waals surface area contributed by atoms with Crippen LogP contribution in [0.2, 0.25) is 0 Å². The molecule has 0 saturated carbocycles. The van der Waals surface area contributed by atoms with E-state index in [9.17, 15) is 0 Å². The Labute approximate surface area is 216 Å². The molecule has 0 aromatic heterocycles. The molecule has 0 atom stereocenters. The Hall–Kier alpha value is -2.22. The molecule has 2 nitrogen and oxygen atoms in total. The Morgan fingerprint density at radius 3 is 1.80 bits per heavy atom. The molecule has 2 rings (SSSR count). The van der Waals surface area contributed by atoms with Crippen LogP contribution in [-0.2, 0) is 6.42 Å². The van der Waals surface area contributed by atoms with Crippen molar-refractivity contribution in [2.24, 2.45) is 9.98 Å². The van der Waals surface area contributed by atoms with Crippen LogP contribution in [0.5, 0.6) is 0 Å². The van der Waals surface area contributed by atoms with Crippen molar-refractivity contribution in [3.63, 3.8) is 0 Å². The topological polar surface area (TPSA) is 24.7 Å². The first-order valence-electron chi connectivity index (χ1n) is 14.6. The van der Waals surface area contributed by atoms with Crippen molar-refractivity contribution in [1.82, 2.24) is 0 Å². The van der Waals surface area contributed by atoms with E-state index in [0.717, 1.165) is 42.8 Å². The second-order valence-corrected chi connectivity index (χ2v) is 9.96. The predicted molar refractivity (Wildman–Crippen MR) is 157 cm³/mol. The SMILES string of the molecule is CCCCCCCCCCCCCCCc1cccc(N=C(C=Nc2ccccc2)CCCC)c1. The van der Waals surface area contributed by atoms with Gasteiger partial charge in [0.05, 0.1) is 17.1 Å². The van der Waals surface area contributed by atoms with Gasteiger partial charge in [-0.3, -0.25) is 9.98 Å². The van der Waals surface area contributed by atoms with E-state index in [-0.39, 0.29) is 0 Å². The summed E-state index contributed by atoms with van der Waals surface area (Å²) in [7, 11) is 0. The van der Waals surface area contributed by atoms with Crippen molar-refractivity contribution in [2.75, 3.05) is 0 Å². The fourth-order valence-corrected chi connectivity index (χ4v) is 4.46. The Morgan fingerprint density at radius 2 is 1.17 bits per heavy atom. The molecule has 0 N–H and O–H groups in total. The summed E-state index contributed by atoms with van der Waals surface area (Å²) in [5, 5.41) is 0. The number of nitrogens with zero attached hydrogens (tertiary/aromatic N) is 2. The largest absolute Gasteiger partial charge is 0.255 e. The van der Waals surface area contributed by atoms with Crippen LogP contribution in [0.3, 0.4) is 0 Å². The number of benzene rings is 2. The maximum atomic E-state index is 4.95. The molecule has 0 saturated heterocycles. The van der Waals surface area contributed by atoms with Crippen molar-refractivity contribution < 1.29 is 0 Å². The molecule has 0 radical (unpaired) electrons. The van der Waals surface area contributed by atoms with Gasteiger partial charge in [-0.1, -0.05) is 128 Å². The third kappa shape index (κ3) is 14.7. The number of rotatable bonds is 20. The molecule has 0 fully saturated rings. The van der Waals surface area contributed by atoms with Crippen LogP contribution in [0.1, 0.15) is 122 Å². The quantitative estimate of drug-likeness (QED) is 0.135. The molecule has 0 bridgehead atoms. The smallest absolute Gasteiger partial charge is 0.0636 e. The first-order chi connectivity index (χ1) is 17.3. The van der Waals surface area contributed by atoms with E-state index in [1.54, 1.807) is 0 Å². The van der Waals surface area contributed by atoms with Gasteiger partial charge in [0.15, 0.2) is 0 Å². The van der Waals surface area contributed by atoms with Gasteiger partial charge in [0.1, 0.15) is 0 Å². The van der Waals surface area contributed by atoms with Gasteiger partial charge in [-0.15, -0.1) is 0 Å². The first kappa shape index (κ1) is 29.0. The van der Waals surface area contributed by atoms with Gasteiger partial charge in [-0.2, -0.15) is 0 Å². The highest BCUT2D eigenvalue weighted by molar-refractivity contribution is 6.31. The number of hydrogen-bond donors (Lipinski definition) is 0. The van der Waals surface area contributed by atoms with Crippen LogP contribution in [-0.4, -0.2) is 11.9 Å². The maximum absolute atomic E-state index is 4.95. The highest BCUT2D eigenvalue weighted by Gasteiger charge is 2.01. The number of hydrogen-bond acceptors (Lipinski definition) is 2. The lowest BCUT2D eigenvalue weighted by atomic mass is 10.0. The number of aliphatic imine (C=N–C) groups is 2. The average Bonchev–Trinajstić information content (AvgIpc) is 2.89. The maximum Gasteiger partial charge on any atom is 0.0636 e. The van der Waals surface area contributed by atoms with E-state index in [0.29, 0.717) is 0 Å². The van der Waals surface area contributed by atoms with Crippen molar-refractivity contribution >= 4 is 23.3 Å². The molecule has 0 aliphatic heterocycles. The summed E-state index contributed by atoms with van der Waals surface area (Å²) >= 11 is 0. The minimum Gasteiger partial charge on any atom is -0.255 e. The first-order valence-corrected chi connectivity index (χ1v) is 14.6. The lowest BCUT2D eigenvalue weighted by Gasteiger charge is -2.05. The molecule has 0 aliphatic carbocycles. The van der Waals surface area contributed by atoms with Crippen LogP contribution in [0, 0.1) is 0 Å². The fraction of sp³-hybridized carbons (Fsp3) is 0.576. The molecule has 0 aliphatic rings. The van der Waals surface area contributed by atoms with Crippen molar-refractivity contribution in [2.45, 2.75) is 123 Å². The monoisotopic (exact) mass is 474 g/mol. The summed E-state index contributed by atoms with van der Waals surface area (Å²) in [4.78, 5) is 9.59. The summed E-state index contributed by atoms with van der Waals surface area (Å²) in [5.74, 6) is 0. The Bertz CT molecular complexity index is 822. The van der Waals surface area contributed by atoms with Crippen molar-refractivity contribution in [3.8, 4) is 0 Å². The number of para-hydroxylation sites is 1. The van der Waals surface area contributed by atoms with Gasteiger partial charge in [0.25, 0.3) is 0 Å². The summed E-state index contributed by atoms with van der Waals surface area (Å²) in [5.41, 5.74) is 4.51. The van der Waals surface area contributed by atoms with Crippen LogP contribution in [0.15, 0.2) is 64.6 Å². The van der Waals surface area contributed by atoms with Gasteiger partial charge < -0.3 is 0 Å². The van der Waals surface area contributed by atoms with Crippen LogP contribution in [0.4, 0.5) is 11.4 Å². The molecule has 2 aromatic rings. The average molecular weight is 475 g/mol. The third-order valence-electron chi connectivity index (χ3n) is 6.66. The van der Waals surface area contributed by atoms with Crippen molar-refractivity contribution in [3.05, 3.63) is 60.2 Å². The Kier molecular flexibility index (Phi) is 16.6. The lowest BCUT2D eigenvalue weighted by molar-refractivity contribution is 0.539. The molecule has 2 heteroatoms. The highest BCUT2D eigenvalue weighted by Crippen LogP contribution is 2.19. The van der Waals surface area contributed by atoms with E-state index in [1.165, 1.54) is 89.0 Å². The van der Waals surface area contributed by atoms with E-state index in [4.69, 9.17) is 4.99 Å². The van der Waals surface area contributed by atoms with Crippen LogP contribution < -0.4 is 0 Å². The standard InChI is InChI=1S/C33H50N2/c1-3-5-7-8-9-10-11-12-13-14-15-16-18-22-30-23-21-27-32(28-30)35-33(24-6-4-2)29-34-31-25-19-17-20-26-31/h17,19-21,23,25-29H,3-16,18,22,24H2,1-2H3. The highest BCUT2D eigenvalue weighted by atomic mass is 14.8. The Balaban J connectivity index is 1.68. The molecule has 192 valence electrons. The lowest BCUT2D eigenvalue weighted by Crippen LogP contribution is -1.99. The molecular weight excluding hydrogens is 424 g/mol. The summed E-state index contributed by atoms with van der Waals surface area (Å²) < 4.78 is 0. The summed E-state index contributed by atoms with van der Waals surface area (Å²) in [6.07, 6.45) is 24.6. The minimum absolute atomic E-state index is 0.968. The van der Waals surface area contributed by atoms with Crippen LogP contribution in [0.25, 0.3) is 0 Å². The number of unbranched alkanes of at least 4 members (excludes halogenated alkanes) is 13. The number of aryl methyl sites for hydroxylation is 1. The summed E-state index contributed by atoms with van der Waals surface area (Å²) in [6.45, 7) is 4.52. The zero-order chi connectivity index (χ0) is 24.8. The molecule has 0 unspecified atom stereocenters. The minimum atomic E-state index is 0.968.